The monoisotopic (exact) mass is 437 g/mol. The highest BCUT2D eigenvalue weighted by Crippen LogP contribution is 2.22. The van der Waals surface area contributed by atoms with Crippen LogP contribution in [-0.4, -0.2) is 66.6 Å². The number of nitrogens with zero attached hydrogens (tertiary/aromatic N) is 1. The fourth-order valence-electron chi connectivity index (χ4n) is 1.96. The summed E-state index contributed by atoms with van der Waals surface area (Å²) in [6.45, 7) is 12.4. The maximum atomic E-state index is 12.1. The first-order valence-electron chi connectivity index (χ1n) is 8.81. The third kappa shape index (κ3) is 10.6. The van der Waals surface area contributed by atoms with Crippen molar-refractivity contribution in [1.82, 2.24) is 4.90 Å². The maximum absolute atomic E-state index is 12.1. The highest BCUT2D eigenvalue weighted by atomic mass is 35.5. The number of alkyl halides is 2. The number of halogens is 2. The Kier molecular flexibility index (Phi) is 12.6. The van der Waals surface area contributed by atoms with E-state index in [1.54, 1.807) is 6.92 Å². The van der Waals surface area contributed by atoms with Crippen LogP contribution in [0.1, 0.15) is 33.6 Å². The van der Waals surface area contributed by atoms with Gasteiger partial charge in [0.1, 0.15) is 5.60 Å². The molecular weight excluding hydrogens is 409 g/mol. The van der Waals surface area contributed by atoms with E-state index >= 15 is 0 Å². The van der Waals surface area contributed by atoms with Gasteiger partial charge >= 0.3 is 18.0 Å². The zero-order valence-electron chi connectivity index (χ0n) is 16.7. The standard InChI is InChI=1S/C19H29Cl2NO6/c1-14(2)16(23)26-12-6-19(5,28-17(24)15(3)4)7-13-27-18(25)22(10-8-20)11-9-21/h1,3,6-13H2,2,4-5H3. The van der Waals surface area contributed by atoms with Crippen molar-refractivity contribution in [2.24, 2.45) is 0 Å². The Morgan fingerprint density at radius 1 is 0.893 bits per heavy atom. The van der Waals surface area contributed by atoms with Crippen LogP contribution in [0.4, 0.5) is 4.79 Å². The predicted octanol–water partition coefficient (Wildman–Crippen LogP) is 3.68. The third-order valence-electron chi connectivity index (χ3n) is 3.72. The molecule has 9 heteroatoms. The van der Waals surface area contributed by atoms with E-state index in [0.717, 1.165) is 0 Å². The quantitative estimate of drug-likeness (QED) is 0.189. The van der Waals surface area contributed by atoms with Gasteiger partial charge in [0.05, 0.1) is 13.2 Å². The van der Waals surface area contributed by atoms with Gasteiger partial charge in [0.15, 0.2) is 0 Å². The molecule has 0 spiro atoms. The molecule has 0 heterocycles. The summed E-state index contributed by atoms with van der Waals surface area (Å²) in [6.07, 6.45) is -0.128. The SMILES string of the molecule is C=C(C)C(=O)OCCC(C)(CCOC(=O)N(CCCl)CCCl)OC(=O)C(=C)C. The van der Waals surface area contributed by atoms with Gasteiger partial charge < -0.3 is 19.1 Å². The molecular formula is C19H29Cl2NO6. The Hall–Kier alpha value is -1.73. The number of hydrogen-bond donors (Lipinski definition) is 0. The van der Waals surface area contributed by atoms with Gasteiger partial charge in [-0.1, -0.05) is 13.2 Å². The molecule has 0 aromatic carbocycles. The van der Waals surface area contributed by atoms with E-state index in [1.165, 1.54) is 18.7 Å². The molecule has 1 unspecified atom stereocenters. The number of hydrogen-bond acceptors (Lipinski definition) is 6. The molecule has 0 fully saturated rings. The number of carbonyl (C=O) groups excluding carboxylic acids is 3. The smallest absolute Gasteiger partial charge is 0.409 e. The molecule has 7 nitrogen and oxygen atoms in total. The van der Waals surface area contributed by atoms with Gasteiger partial charge in [-0.25, -0.2) is 14.4 Å². The lowest BCUT2D eigenvalue weighted by Gasteiger charge is -2.30. The van der Waals surface area contributed by atoms with E-state index < -0.39 is 23.6 Å². The normalized spacial score (nSPS) is 12.5. The molecule has 160 valence electrons. The van der Waals surface area contributed by atoms with Crippen LogP contribution in [0.25, 0.3) is 0 Å². The van der Waals surface area contributed by atoms with Crippen LogP contribution in [0.15, 0.2) is 24.3 Å². The zero-order valence-corrected chi connectivity index (χ0v) is 18.2. The van der Waals surface area contributed by atoms with Crippen molar-refractivity contribution in [3.8, 4) is 0 Å². The van der Waals surface area contributed by atoms with E-state index in [-0.39, 0.29) is 49.0 Å². The van der Waals surface area contributed by atoms with Gasteiger partial charge in [-0.3, -0.25) is 0 Å². The fraction of sp³-hybridized carbons (Fsp3) is 0.632. The minimum Gasteiger partial charge on any atom is -0.462 e. The number of rotatable bonds is 13. The summed E-state index contributed by atoms with van der Waals surface area (Å²) in [4.78, 5) is 37.0. The Bertz CT molecular complexity index is 575. The van der Waals surface area contributed by atoms with Crippen molar-refractivity contribution in [3.63, 3.8) is 0 Å². The van der Waals surface area contributed by atoms with Crippen LogP contribution >= 0.6 is 23.2 Å². The van der Waals surface area contributed by atoms with Crippen LogP contribution in [0.5, 0.6) is 0 Å². The number of amides is 1. The Morgan fingerprint density at radius 3 is 1.79 bits per heavy atom. The number of esters is 2. The lowest BCUT2D eigenvalue weighted by molar-refractivity contribution is -0.157. The minimum absolute atomic E-state index is 0.00565. The average Bonchev–Trinajstić information content (AvgIpc) is 2.60. The van der Waals surface area contributed by atoms with E-state index in [1.807, 2.05) is 0 Å². The lowest BCUT2D eigenvalue weighted by Crippen LogP contribution is -2.38. The van der Waals surface area contributed by atoms with Crippen molar-refractivity contribution in [2.75, 3.05) is 38.1 Å². The van der Waals surface area contributed by atoms with Crippen molar-refractivity contribution in [2.45, 2.75) is 39.2 Å². The molecule has 0 bridgehead atoms. The van der Waals surface area contributed by atoms with Gasteiger partial charge in [0, 0.05) is 48.8 Å². The molecule has 0 aromatic rings. The van der Waals surface area contributed by atoms with Crippen molar-refractivity contribution in [3.05, 3.63) is 24.3 Å². The van der Waals surface area contributed by atoms with E-state index in [9.17, 15) is 14.4 Å². The summed E-state index contributed by atoms with van der Waals surface area (Å²) in [5, 5.41) is 0. The molecule has 28 heavy (non-hydrogen) atoms. The van der Waals surface area contributed by atoms with Crippen LogP contribution in [0.3, 0.4) is 0 Å². The number of carbonyl (C=O) groups is 3. The fourth-order valence-corrected chi connectivity index (χ4v) is 2.37. The summed E-state index contributed by atoms with van der Waals surface area (Å²) >= 11 is 11.3. The topological polar surface area (TPSA) is 82.1 Å². The van der Waals surface area contributed by atoms with Crippen LogP contribution in [-0.2, 0) is 23.8 Å². The van der Waals surface area contributed by atoms with Crippen molar-refractivity contribution in [1.29, 1.82) is 0 Å². The minimum atomic E-state index is -1.02. The molecule has 1 atom stereocenters. The molecule has 0 saturated carbocycles. The van der Waals surface area contributed by atoms with Gasteiger partial charge in [-0.05, 0) is 20.8 Å². The summed E-state index contributed by atoms with van der Waals surface area (Å²) in [7, 11) is 0. The summed E-state index contributed by atoms with van der Waals surface area (Å²) in [6, 6.07) is 0. The Balaban J connectivity index is 4.84. The second kappa shape index (κ2) is 13.4. The Labute approximate surface area is 176 Å². The first-order chi connectivity index (χ1) is 13.1. The highest BCUT2D eigenvalue weighted by molar-refractivity contribution is 6.18. The van der Waals surface area contributed by atoms with E-state index in [0.29, 0.717) is 13.1 Å². The maximum Gasteiger partial charge on any atom is 0.409 e. The molecule has 1 amide bonds. The second-order valence-electron chi connectivity index (χ2n) is 6.52. The second-order valence-corrected chi connectivity index (χ2v) is 7.27. The van der Waals surface area contributed by atoms with Crippen LogP contribution in [0.2, 0.25) is 0 Å². The molecule has 0 aromatic heterocycles. The highest BCUT2D eigenvalue weighted by Gasteiger charge is 2.30. The van der Waals surface area contributed by atoms with E-state index in [4.69, 9.17) is 37.4 Å². The molecule has 0 aliphatic carbocycles. The van der Waals surface area contributed by atoms with Crippen molar-refractivity contribution < 1.29 is 28.6 Å². The van der Waals surface area contributed by atoms with Gasteiger partial charge in [0.25, 0.3) is 0 Å². The Morgan fingerprint density at radius 2 is 1.36 bits per heavy atom. The summed E-state index contributed by atoms with van der Waals surface area (Å²) in [5.74, 6) is -0.592. The third-order valence-corrected chi connectivity index (χ3v) is 4.06. The van der Waals surface area contributed by atoms with Gasteiger partial charge in [-0.15, -0.1) is 23.2 Å². The van der Waals surface area contributed by atoms with Crippen LogP contribution < -0.4 is 0 Å². The molecule has 0 saturated heterocycles. The molecule has 0 rings (SSSR count). The van der Waals surface area contributed by atoms with E-state index in [2.05, 4.69) is 13.2 Å². The first kappa shape index (κ1) is 26.3. The zero-order chi connectivity index (χ0) is 21.7. The van der Waals surface area contributed by atoms with Gasteiger partial charge in [0.2, 0.25) is 0 Å². The molecule has 0 aliphatic rings. The van der Waals surface area contributed by atoms with Crippen molar-refractivity contribution >= 4 is 41.2 Å². The average molecular weight is 438 g/mol. The predicted molar refractivity (Wildman–Crippen MR) is 109 cm³/mol. The summed E-state index contributed by atoms with van der Waals surface area (Å²) < 4.78 is 15.8. The largest absolute Gasteiger partial charge is 0.462 e. The molecule has 0 N–H and O–H groups in total. The number of ether oxygens (including phenoxy) is 3. The molecule has 0 aliphatic heterocycles. The van der Waals surface area contributed by atoms with Gasteiger partial charge in [-0.2, -0.15) is 0 Å². The first-order valence-corrected chi connectivity index (χ1v) is 9.88. The summed E-state index contributed by atoms with van der Waals surface area (Å²) in [5.41, 5.74) is -0.513. The lowest BCUT2D eigenvalue weighted by atomic mass is 9.98. The van der Waals surface area contributed by atoms with Crippen LogP contribution in [0, 0.1) is 0 Å². The molecule has 0 radical (unpaired) electrons.